The number of nitrogens with one attached hydrogen (secondary N) is 1. The predicted octanol–water partition coefficient (Wildman–Crippen LogP) is 1.39. The van der Waals surface area contributed by atoms with E-state index in [0.29, 0.717) is 6.54 Å². The summed E-state index contributed by atoms with van der Waals surface area (Å²) in [5.74, 6) is -0.353. The molecule has 22 heavy (non-hydrogen) atoms. The van der Waals surface area contributed by atoms with E-state index in [-0.39, 0.29) is 16.7 Å². The first-order valence-corrected chi connectivity index (χ1v) is 8.57. The number of carbonyl (C=O) groups excluding carboxylic acids is 1. The first-order valence-electron chi connectivity index (χ1n) is 7.09. The molecule has 2 unspecified atom stereocenters. The van der Waals surface area contributed by atoms with Crippen LogP contribution in [0.4, 0.5) is 0 Å². The Kier molecular flexibility index (Phi) is 3.74. The Labute approximate surface area is 129 Å². The van der Waals surface area contributed by atoms with Gasteiger partial charge in [0.1, 0.15) is 4.90 Å². The normalized spacial score (nSPS) is 20.6. The number of aromatic nitrogens is 2. The maximum Gasteiger partial charge on any atom is 0.267 e. The molecule has 1 aliphatic carbocycles. The molecule has 1 heterocycles. The van der Waals surface area contributed by atoms with Crippen LogP contribution in [0.15, 0.2) is 47.6 Å². The van der Waals surface area contributed by atoms with Gasteiger partial charge in [0, 0.05) is 12.1 Å². The van der Waals surface area contributed by atoms with Gasteiger partial charge < -0.3 is 0 Å². The zero-order valence-corrected chi connectivity index (χ0v) is 13.0. The first-order chi connectivity index (χ1) is 10.5. The van der Waals surface area contributed by atoms with Gasteiger partial charge in [-0.15, -0.1) is 0 Å². The number of hydrogen-bond acceptors (Lipinski definition) is 4. The molecule has 1 fully saturated rings. The Hall–Kier alpha value is -2.15. The summed E-state index contributed by atoms with van der Waals surface area (Å²) in [4.78, 5) is 11.8. The standard InChI is InChI=1S/C15H17N3O3S/c1-11-7-14(11)15(19)17-22(20,21)13-8-16-18(10-13)9-12-5-3-2-4-6-12/h2-6,8,10-11,14H,7,9H2,1H3,(H,17,19). The Morgan fingerprint density at radius 2 is 2.05 bits per heavy atom. The molecular formula is C15H17N3O3S. The highest BCUT2D eigenvalue weighted by molar-refractivity contribution is 7.90. The minimum absolute atomic E-state index is 0.00471. The van der Waals surface area contributed by atoms with Crippen molar-refractivity contribution in [1.82, 2.24) is 14.5 Å². The van der Waals surface area contributed by atoms with E-state index < -0.39 is 15.9 Å². The average molecular weight is 319 g/mol. The molecule has 0 aliphatic heterocycles. The topological polar surface area (TPSA) is 81.1 Å². The number of amides is 1. The van der Waals surface area contributed by atoms with Crippen molar-refractivity contribution in [2.24, 2.45) is 11.8 Å². The SMILES string of the molecule is CC1CC1C(=O)NS(=O)(=O)c1cnn(Cc2ccccc2)c1. The molecule has 1 saturated carbocycles. The molecule has 3 rings (SSSR count). The van der Waals surface area contributed by atoms with Gasteiger partial charge in [-0.3, -0.25) is 9.48 Å². The summed E-state index contributed by atoms with van der Waals surface area (Å²) in [7, 11) is -3.84. The lowest BCUT2D eigenvalue weighted by molar-refractivity contribution is -0.120. The van der Waals surface area contributed by atoms with E-state index in [0.717, 1.165) is 12.0 Å². The summed E-state index contributed by atoms with van der Waals surface area (Å²) < 4.78 is 28.0. The number of hydrogen-bond donors (Lipinski definition) is 1. The van der Waals surface area contributed by atoms with Crippen molar-refractivity contribution < 1.29 is 13.2 Å². The minimum atomic E-state index is -3.84. The maximum absolute atomic E-state index is 12.2. The number of carbonyl (C=O) groups is 1. The molecule has 1 aromatic heterocycles. The smallest absolute Gasteiger partial charge is 0.267 e. The van der Waals surface area contributed by atoms with Crippen molar-refractivity contribution in [2.75, 3.05) is 0 Å². The van der Waals surface area contributed by atoms with Crippen LogP contribution in [0.1, 0.15) is 18.9 Å². The van der Waals surface area contributed by atoms with E-state index in [4.69, 9.17) is 0 Å². The molecule has 2 atom stereocenters. The third kappa shape index (κ3) is 3.19. The highest BCUT2D eigenvalue weighted by Gasteiger charge is 2.40. The van der Waals surface area contributed by atoms with Crippen LogP contribution >= 0.6 is 0 Å². The summed E-state index contributed by atoms with van der Waals surface area (Å²) in [5.41, 5.74) is 1.02. The van der Waals surface area contributed by atoms with Crippen LogP contribution in [-0.2, 0) is 21.4 Å². The lowest BCUT2D eigenvalue weighted by Crippen LogP contribution is -2.31. The molecule has 2 aromatic rings. The highest BCUT2D eigenvalue weighted by Crippen LogP contribution is 2.37. The fourth-order valence-electron chi connectivity index (χ4n) is 2.29. The first kappa shape index (κ1) is 14.8. The molecule has 7 heteroatoms. The fourth-order valence-corrected chi connectivity index (χ4v) is 3.28. The zero-order chi connectivity index (χ0) is 15.7. The number of rotatable bonds is 5. The van der Waals surface area contributed by atoms with E-state index >= 15 is 0 Å². The van der Waals surface area contributed by atoms with E-state index in [1.165, 1.54) is 17.1 Å². The monoisotopic (exact) mass is 319 g/mol. The van der Waals surface area contributed by atoms with Crippen LogP contribution in [0.25, 0.3) is 0 Å². The molecule has 0 radical (unpaired) electrons. The largest absolute Gasteiger partial charge is 0.274 e. The molecule has 1 aliphatic rings. The maximum atomic E-state index is 12.2. The Morgan fingerprint density at radius 1 is 1.36 bits per heavy atom. The number of sulfonamides is 1. The molecule has 1 aromatic carbocycles. The van der Waals surface area contributed by atoms with Crippen molar-refractivity contribution >= 4 is 15.9 Å². The van der Waals surface area contributed by atoms with Gasteiger partial charge in [-0.05, 0) is 17.9 Å². The summed E-state index contributed by atoms with van der Waals surface area (Å²) in [6.07, 6.45) is 3.43. The second-order valence-corrected chi connectivity index (χ2v) is 7.33. The molecular weight excluding hydrogens is 302 g/mol. The molecule has 6 nitrogen and oxygen atoms in total. The summed E-state index contributed by atoms with van der Waals surface area (Å²) in [6.45, 7) is 2.40. The van der Waals surface area contributed by atoms with Crippen molar-refractivity contribution in [1.29, 1.82) is 0 Å². The van der Waals surface area contributed by atoms with Crippen LogP contribution in [0.3, 0.4) is 0 Å². The van der Waals surface area contributed by atoms with Crippen molar-refractivity contribution in [3.63, 3.8) is 0 Å². The second-order valence-electron chi connectivity index (χ2n) is 5.65. The fraction of sp³-hybridized carbons (Fsp3) is 0.333. The van der Waals surface area contributed by atoms with Gasteiger partial charge in [0.25, 0.3) is 10.0 Å². The van der Waals surface area contributed by atoms with Crippen molar-refractivity contribution in [2.45, 2.75) is 24.8 Å². The zero-order valence-electron chi connectivity index (χ0n) is 12.1. The Balaban J connectivity index is 1.71. The third-order valence-electron chi connectivity index (χ3n) is 3.79. The summed E-state index contributed by atoms with van der Waals surface area (Å²) in [6, 6.07) is 9.61. The summed E-state index contributed by atoms with van der Waals surface area (Å²) in [5, 5.41) is 4.05. The summed E-state index contributed by atoms with van der Waals surface area (Å²) >= 11 is 0. The van der Waals surface area contributed by atoms with Crippen LogP contribution < -0.4 is 4.72 Å². The van der Waals surface area contributed by atoms with Gasteiger partial charge in [0.05, 0.1) is 12.7 Å². The quantitative estimate of drug-likeness (QED) is 0.903. The molecule has 0 spiro atoms. The van der Waals surface area contributed by atoms with Crippen LogP contribution in [-0.4, -0.2) is 24.1 Å². The van der Waals surface area contributed by atoms with E-state index in [1.54, 1.807) is 0 Å². The van der Waals surface area contributed by atoms with Gasteiger partial charge in [-0.2, -0.15) is 5.10 Å². The van der Waals surface area contributed by atoms with Crippen LogP contribution in [0.5, 0.6) is 0 Å². The van der Waals surface area contributed by atoms with Crippen LogP contribution in [0, 0.1) is 11.8 Å². The van der Waals surface area contributed by atoms with E-state index in [9.17, 15) is 13.2 Å². The Bertz CT molecular complexity index is 783. The van der Waals surface area contributed by atoms with Crippen LogP contribution in [0.2, 0.25) is 0 Å². The second kappa shape index (κ2) is 5.57. The molecule has 1 amide bonds. The number of nitrogens with zero attached hydrogens (tertiary/aromatic N) is 2. The van der Waals surface area contributed by atoms with Gasteiger partial charge in [0.2, 0.25) is 5.91 Å². The molecule has 116 valence electrons. The number of benzene rings is 1. The molecule has 0 bridgehead atoms. The predicted molar refractivity (Wildman–Crippen MR) is 80.4 cm³/mol. The lowest BCUT2D eigenvalue weighted by atomic mass is 10.2. The Morgan fingerprint density at radius 3 is 2.68 bits per heavy atom. The third-order valence-corrected chi connectivity index (χ3v) is 5.09. The molecule has 0 saturated heterocycles. The van der Waals surface area contributed by atoms with Gasteiger partial charge in [0.15, 0.2) is 0 Å². The van der Waals surface area contributed by atoms with Gasteiger partial charge in [-0.1, -0.05) is 37.3 Å². The van der Waals surface area contributed by atoms with Crippen molar-refractivity contribution in [3.05, 3.63) is 48.3 Å². The average Bonchev–Trinajstić information content (AvgIpc) is 3.02. The molecule has 1 N–H and O–H groups in total. The van der Waals surface area contributed by atoms with Gasteiger partial charge in [-0.25, -0.2) is 13.1 Å². The highest BCUT2D eigenvalue weighted by atomic mass is 32.2. The van der Waals surface area contributed by atoms with E-state index in [1.807, 2.05) is 37.3 Å². The van der Waals surface area contributed by atoms with Gasteiger partial charge >= 0.3 is 0 Å². The minimum Gasteiger partial charge on any atom is -0.274 e. The van der Waals surface area contributed by atoms with E-state index in [2.05, 4.69) is 9.82 Å². The lowest BCUT2D eigenvalue weighted by Gasteiger charge is -2.04. The van der Waals surface area contributed by atoms with Crippen molar-refractivity contribution in [3.8, 4) is 0 Å².